The van der Waals surface area contributed by atoms with Crippen molar-refractivity contribution in [1.82, 2.24) is 24.2 Å². The van der Waals surface area contributed by atoms with E-state index in [0.717, 1.165) is 72.8 Å². The number of amides is 3. The van der Waals surface area contributed by atoms with Crippen molar-refractivity contribution in [2.24, 2.45) is 7.05 Å². The van der Waals surface area contributed by atoms with Crippen molar-refractivity contribution in [3.63, 3.8) is 0 Å². The topological polar surface area (TPSA) is 113 Å². The van der Waals surface area contributed by atoms with E-state index in [9.17, 15) is 19.8 Å². The Kier molecular flexibility index (Phi) is 9.34. The maximum absolute atomic E-state index is 15.1. The van der Waals surface area contributed by atoms with E-state index in [4.69, 9.17) is 0 Å². The Morgan fingerprint density at radius 2 is 1.53 bits per heavy atom. The molecule has 11 nitrogen and oxygen atoms in total. The number of carbonyl (C=O) groups is 3. The van der Waals surface area contributed by atoms with E-state index in [1.54, 1.807) is 36.2 Å². The molecule has 4 heterocycles. The molecular formula is C40H46N6O5. The van der Waals surface area contributed by atoms with Gasteiger partial charge in [0.1, 0.15) is 5.75 Å². The third-order valence-corrected chi connectivity index (χ3v) is 11.1. The number of benzene rings is 3. The summed E-state index contributed by atoms with van der Waals surface area (Å²) in [5, 5.41) is 19.6. The monoisotopic (exact) mass is 690 g/mol. The van der Waals surface area contributed by atoms with Gasteiger partial charge in [-0.3, -0.25) is 14.5 Å². The lowest BCUT2D eigenvalue weighted by Crippen LogP contribution is -2.53. The standard InChI is InChI=1S/C40H46N6O5/c1-26-34(38(48)43(4)31-9-11-33(47)12-10-31)22-37(42(26)3)35-20-28-13-14-45(40(50)51)23-30(28)21-36(35)39(49)46-24-29-8-6-5-7-27(29)19-32(46)25-44-17-15-41(2)16-18-44/h5-12,20-22,32,47H,13-19,23-25H2,1-4H3,(H,50,51)/t32-/m0/s1. The number of aromatic nitrogens is 1. The summed E-state index contributed by atoms with van der Waals surface area (Å²) < 4.78 is 1.97. The quantitative estimate of drug-likeness (QED) is 0.298. The molecule has 0 unspecified atom stereocenters. The molecule has 0 bridgehead atoms. The van der Waals surface area contributed by atoms with Crippen LogP contribution in [0.4, 0.5) is 10.5 Å². The first-order chi connectivity index (χ1) is 24.5. The van der Waals surface area contributed by atoms with Crippen LogP contribution in [0.15, 0.2) is 66.7 Å². The average molecular weight is 691 g/mol. The number of likely N-dealkylation sites (N-methyl/N-ethyl adjacent to an activating group) is 1. The molecule has 4 aromatic rings. The van der Waals surface area contributed by atoms with Crippen molar-refractivity contribution in [3.8, 4) is 17.0 Å². The first-order valence-corrected chi connectivity index (χ1v) is 17.6. The maximum atomic E-state index is 15.1. The smallest absolute Gasteiger partial charge is 0.407 e. The van der Waals surface area contributed by atoms with E-state index in [0.29, 0.717) is 36.3 Å². The molecule has 3 aliphatic rings. The van der Waals surface area contributed by atoms with E-state index >= 15 is 4.79 Å². The van der Waals surface area contributed by atoms with Crippen LogP contribution in [-0.4, -0.2) is 112 Å². The van der Waals surface area contributed by atoms with Gasteiger partial charge < -0.3 is 34.4 Å². The molecule has 0 spiro atoms. The normalized spacial score (nSPS) is 17.9. The molecular weight excluding hydrogens is 644 g/mol. The number of rotatable bonds is 6. The largest absolute Gasteiger partial charge is 0.508 e. The highest BCUT2D eigenvalue weighted by atomic mass is 16.4. The highest BCUT2D eigenvalue weighted by Crippen LogP contribution is 2.36. The minimum atomic E-state index is -0.976. The van der Waals surface area contributed by atoms with Crippen LogP contribution < -0.4 is 4.90 Å². The van der Waals surface area contributed by atoms with Crippen molar-refractivity contribution in [2.45, 2.75) is 38.9 Å². The van der Waals surface area contributed by atoms with Gasteiger partial charge >= 0.3 is 6.09 Å². The van der Waals surface area contributed by atoms with E-state index in [-0.39, 0.29) is 30.2 Å². The molecule has 0 aliphatic carbocycles. The molecule has 3 aliphatic heterocycles. The summed E-state index contributed by atoms with van der Waals surface area (Å²) in [6.45, 7) is 7.62. The number of anilines is 1. The van der Waals surface area contributed by atoms with E-state index in [2.05, 4.69) is 35.0 Å². The first kappa shape index (κ1) is 34.3. The minimum Gasteiger partial charge on any atom is -0.508 e. The molecule has 11 heteroatoms. The molecule has 1 fully saturated rings. The van der Waals surface area contributed by atoms with Crippen molar-refractivity contribution < 1.29 is 24.6 Å². The van der Waals surface area contributed by atoms with Crippen LogP contribution in [-0.2, 0) is 33.0 Å². The van der Waals surface area contributed by atoms with Crippen LogP contribution in [0.1, 0.15) is 48.7 Å². The zero-order valence-electron chi connectivity index (χ0n) is 29.8. The molecule has 7 rings (SSSR count). The summed E-state index contributed by atoms with van der Waals surface area (Å²) in [6, 6.07) is 20.6. The number of phenols is 1. The van der Waals surface area contributed by atoms with E-state index in [1.807, 2.05) is 47.7 Å². The summed E-state index contributed by atoms with van der Waals surface area (Å²) >= 11 is 0. The third kappa shape index (κ3) is 6.71. The predicted molar refractivity (Wildman–Crippen MR) is 196 cm³/mol. The zero-order valence-corrected chi connectivity index (χ0v) is 29.8. The molecule has 2 N–H and O–H groups in total. The molecule has 0 saturated carbocycles. The fourth-order valence-corrected chi connectivity index (χ4v) is 7.78. The van der Waals surface area contributed by atoms with Gasteiger partial charge in [0.05, 0.1) is 5.56 Å². The summed E-state index contributed by atoms with van der Waals surface area (Å²) in [5.41, 5.74) is 8.14. The Balaban J connectivity index is 1.30. The van der Waals surface area contributed by atoms with Gasteiger partial charge in [-0.05, 0) is 91.5 Å². The van der Waals surface area contributed by atoms with Gasteiger partial charge in [0, 0.05) is 101 Å². The lowest BCUT2D eigenvalue weighted by Gasteiger charge is -2.42. The number of carboxylic acid groups (broad SMARTS) is 1. The highest BCUT2D eigenvalue weighted by molar-refractivity contribution is 6.08. The van der Waals surface area contributed by atoms with Gasteiger partial charge in [0.15, 0.2) is 0 Å². The van der Waals surface area contributed by atoms with Gasteiger partial charge in [-0.2, -0.15) is 0 Å². The molecule has 3 aromatic carbocycles. The van der Waals surface area contributed by atoms with Gasteiger partial charge in [-0.25, -0.2) is 4.79 Å². The Morgan fingerprint density at radius 1 is 0.824 bits per heavy atom. The number of phenolic OH excluding ortho intramolecular Hbond substituents is 1. The van der Waals surface area contributed by atoms with Crippen LogP contribution in [0.25, 0.3) is 11.3 Å². The second kappa shape index (κ2) is 13.9. The number of hydrogen-bond acceptors (Lipinski definition) is 6. The fourth-order valence-electron chi connectivity index (χ4n) is 7.78. The molecule has 51 heavy (non-hydrogen) atoms. The third-order valence-electron chi connectivity index (χ3n) is 11.1. The van der Waals surface area contributed by atoms with Gasteiger partial charge in [0.25, 0.3) is 11.8 Å². The Morgan fingerprint density at radius 3 is 2.24 bits per heavy atom. The van der Waals surface area contributed by atoms with Crippen molar-refractivity contribution in [3.05, 3.63) is 106 Å². The Hall–Kier alpha value is -5.13. The Labute approximate surface area is 298 Å². The molecule has 0 radical (unpaired) electrons. The highest BCUT2D eigenvalue weighted by Gasteiger charge is 2.35. The van der Waals surface area contributed by atoms with Gasteiger partial charge in [-0.15, -0.1) is 0 Å². The molecule has 1 aromatic heterocycles. The summed E-state index contributed by atoms with van der Waals surface area (Å²) in [7, 11) is 5.76. The number of carbonyl (C=O) groups excluding carboxylic acids is 2. The minimum absolute atomic E-state index is 0.0403. The second-order valence-corrected chi connectivity index (χ2v) is 14.3. The lowest BCUT2D eigenvalue weighted by atomic mass is 9.89. The van der Waals surface area contributed by atoms with Crippen LogP contribution in [0, 0.1) is 6.92 Å². The summed E-state index contributed by atoms with van der Waals surface area (Å²) in [5.74, 6) is -0.179. The summed E-state index contributed by atoms with van der Waals surface area (Å²) in [4.78, 5) is 50.8. The SMILES string of the molecule is Cc1c(C(=O)N(C)c2ccc(O)cc2)cc(-c2cc3c(cc2C(=O)N2Cc4ccccc4C[C@H]2CN2CCN(C)CC2)CN(C(=O)O)CC3)n1C. The van der Waals surface area contributed by atoms with Gasteiger partial charge in [0.2, 0.25) is 0 Å². The van der Waals surface area contributed by atoms with E-state index in [1.165, 1.54) is 10.5 Å². The number of nitrogens with zero attached hydrogens (tertiary/aromatic N) is 6. The fraction of sp³-hybridized carbons (Fsp3) is 0.375. The van der Waals surface area contributed by atoms with E-state index < -0.39 is 6.09 Å². The van der Waals surface area contributed by atoms with Crippen LogP contribution in [0.2, 0.25) is 0 Å². The van der Waals surface area contributed by atoms with Crippen LogP contribution in [0.5, 0.6) is 5.75 Å². The average Bonchev–Trinajstić information content (AvgIpc) is 3.43. The molecule has 1 saturated heterocycles. The van der Waals surface area contributed by atoms with Crippen LogP contribution in [0.3, 0.4) is 0 Å². The number of hydrogen-bond donors (Lipinski definition) is 2. The molecule has 266 valence electrons. The van der Waals surface area contributed by atoms with Crippen molar-refractivity contribution in [2.75, 3.05) is 58.3 Å². The Bertz CT molecular complexity index is 1980. The first-order valence-electron chi connectivity index (χ1n) is 17.6. The lowest BCUT2D eigenvalue weighted by molar-refractivity contribution is 0.0536. The zero-order chi connectivity index (χ0) is 36.0. The summed E-state index contributed by atoms with van der Waals surface area (Å²) in [6.07, 6.45) is 0.314. The van der Waals surface area contributed by atoms with Crippen LogP contribution >= 0.6 is 0 Å². The maximum Gasteiger partial charge on any atom is 0.407 e. The number of fused-ring (bicyclic) bond motifs is 2. The number of piperazine rings is 1. The van der Waals surface area contributed by atoms with Gasteiger partial charge in [-0.1, -0.05) is 24.3 Å². The molecule has 1 atom stereocenters. The number of aromatic hydroxyl groups is 1. The second-order valence-electron chi connectivity index (χ2n) is 14.3. The predicted octanol–water partition coefficient (Wildman–Crippen LogP) is 4.83. The van der Waals surface area contributed by atoms with Crippen molar-refractivity contribution in [1.29, 1.82) is 0 Å². The molecule has 3 amide bonds. The van der Waals surface area contributed by atoms with Crippen molar-refractivity contribution >= 4 is 23.6 Å².